The molecule has 1 saturated carbocycles. The molecule has 2 heterocycles. The van der Waals surface area contributed by atoms with Crippen LogP contribution < -0.4 is 0 Å². The summed E-state index contributed by atoms with van der Waals surface area (Å²) in [6.45, 7) is 2.02. The van der Waals surface area contributed by atoms with E-state index in [0.29, 0.717) is 5.02 Å². The monoisotopic (exact) mass is 299 g/mol. The van der Waals surface area contributed by atoms with Gasteiger partial charge in [0.2, 0.25) is 0 Å². The van der Waals surface area contributed by atoms with Gasteiger partial charge < -0.3 is 0 Å². The SMILES string of the molecule is Cc1cccc(Cl)c1-n1cc(C2(n3cccn3)CC2)nn1. The van der Waals surface area contributed by atoms with Gasteiger partial charge in [-0.1, -0.05) is 28.9 Å². The number of benzene rings is 1. The van der Waals surface area contributed by atoms with Gasteiger partial charge in [-0.2, -0.15) is 5.10 Å². The molecule has 0 saturated heterocycles. The van der Waals surface area contributed by atoms with Crippen molar-refractivity contribution in [3.63, 3.8) is 0 Å². The van der Waals surface area contributed by atoms with Crippen molar-refractivity contribution in [1.29, 1.82) is 0 Å². The van der Waals surface area contributed by atoms with Crippen molar-refractivity contribution in [3.05, 3.63) is 59.1 Å². The Morgan fingerprint density at radius 2 is 2.10 bits per heavy atom. The standard InChI is InChI=1S/C15H14ClN5/c1-11-4-2-5-12(16)14(11)20-10-13(18-19-20)15(6-7-15)21-9-3-8-17-21/h2-5,8-10H,6-7H2,1H3. The van der Waals surface area contributed by atoms with Gasteiger partial charge >= 0.3 is 0 Å². The molecule has 0 aliphatic heterocycles. The molecule has 1 aliphatic rings. The van der Waals surface area contributed by atoms with Crippen LogP contribution in [0.5, 0.6) is 0 Å². The summed E-state index contributed by atoms with van der Waals surface area (Å²) in [4.78, 5) is 0. The quantitative estimate of drug-likeness (QED) is 0.747. The Labute approximate surface area is 127 Å². The summed E-state index contributed by atoms with van der Waals surface area (Å²) in [5, 5.41) is 13.7. The van der Waals surface area contributed by atoms with Crippen molar-refractivity contribution in [2.75, 3.05) is 0 Å². The molecule has 6 heteroatoms. The predicted molar refractivity (Wildman–Crippen MR) is 79.6 cm³/mol. The van der Waals surface area contributed by atoms with Gasteiger partial charge in [0, 0.05) is 12.4 Å². The molecule has 1 fully saturated rings. The van der Waals surface area contributed by atoms with E-state index < -0.39 is 0 Å². The lowest BCUT2D eigenvalue weighted by atomic mass is 10.2. The second-order valence-electron chi connectivity index (χ2n) is 5.44. The molecule has 2 aromatic heterocycles. The van der Waals surface area contributed by atoms with Crippen LogP contribution in [-0.2, 0) is 5.54 Å². The van der Waals surface area contributed by atoms with Crippen LogP contribution in [0, 0.1) is 6.92 Å². The maximum absolute atomic E-state index is 6.30. The molecule has 21 heavy (non-hydrogen) atoms. The van der Waals surface area contributed by atoms with Crippen molar-refractivity contribution in [2.24, 2.45) is 0 Å². The van der Waals surface area contributed by atoms with Gasteiger partial charge in [0.25, 0.3) is 0 Å². The molecule has 0 atom stereocenters. The Balaban J connectivity index is 1.78. The Hall–Kier alpha value is -2.14. The molecule has 1 aliphatic carbocycles. The lowest BCUT2D eigenvalue weighted by Gasteiger charge is -2.12. The van der Waals surface area contributed by atoms with Gasteiger partial charge in [0.1, 0.15) is 11.2 Å². The predicted octanol–water partition coefficient (Wildman–Crippen LogP) is 2.96. The average Bonchev–Trinajstić information content (AvgIpc) is 2.93. The highest BCUT2D eigenvalue weighted by Gasteiger charge is 2.49. The van der Waals surface area contributed by atoms with Gasteiger partial charge in [-0.3, -0.25) is 4.68 Å². The first-order chi connectivity index (χ1) is 10.2. The van der Waals surface area contributed by atoms with Gasteiger partial charge in [-0.05, 0) is 37.5 Å². The number of aryl methyl sites for hydroxylation is 1. The van der Waals surface area contributed by atoms with E-state index in [9.17, 15) is 0 Å². The van der Waals surface area contributed by atoms with E-state index in [1.807, 2.05) is 48.3 Å². The molecule has 4 rings (SSSR count). The summed E-state index contributed by atoms with van der Waals surface area (Å²) in [5.41, 5.74) is 2.76. The molecule has 106 valence electrons. The molecule has 0 N–H and O–H groups in total. The second kappa shape index (κ2) is 4.43. The summed E-state index contributed by atoms with van der Waals surface area (Å²) >= 11 is 6.30. The highest BCUT2D eigenvalue weighted by Crippen LogP contribution is 2.48. The summed E-state index contributed by atoms with van der Waals surface area (Å²) < 4.78 is 3.73. The minimum Gasteiger partial charge on any atom is -0.260 e. The van der Waals surface area contributed by atoms with Gasteiger partial charge in [-0.15, -0.1) is 5.10 Å². The van der Waals surface area contributed by atoms with Gasteiger partial charge in [0.15, 0.2) is 0 Å². The van der Waals surface area contributed by atoms with E-state index >= 15 is 0 Å². The molecule has 0 spiro atoms. The third-order valence-electron chi connectivity index (χ3n) is 4.05. The molecule has 1 aromatic carbocycles. The highest BCUT2D eigenvalue weighted by molar-refractivity contribution is 6.32. The zero-order chi connectivity index (χ0) is 14.4. The molecule has 0 unspecified atom stereocenters. The van der Waals surface area contributed by atoms with Crippen molar-refractivity contribution in [1.82, 2.24) is 24.8 Å². The van der Waals surface area contributed by atoms with Crippen LogP contribution in [0.4, 0.5) is 0 Å². The summed E-state index contributed by atoms with van der Waals surface area (Å²) in [5.74, 6) is 0. The van der Waals surface area contributed by atoms with Crippen molar-refractivity contribution >= 4 is 11.6 Å². The maximum Gasteiger partial charge on any atom is 0.111 e. The number of hydrogen-bond acceptors (Lipinski definition) is 3. The van der Waals surface area contributed by atoms with E-state index in [1.165, 1.54) is 0 Å². The van der Waals surface area contributed by atoms with E-state index in [2.05, 4.69) is 15.4 Å². The third kappa shape index (κ3) is 1.88. The highest BCUT2D eigenvalue weighted by atomic mass is 35.5. The Bertz CT molecular complexity index is 766. The van der Waals surface area contributed by atoms with Crippen LogP contribution in [-0.4, -0.2) is 24.8 Å². The average molecular weight is 300 g/mol. The maximum atomic E-state index is 6.30. The minimum atomic E-state index is -0.128. The number of halogens is 1. The summed E-state index contributed by atoms with van der Waals surface area (Å²) in [6, 6.07) is 7.75. The Morgan fingerprint density at radius 1 is 1.24 bits per heavy atom. The Kier molecular flexibility index (Phi) is 2.65. The van der Waals surface area contributed by atoms with Crippen LogP contribution in [0.25, 0.3) is 5.69 Å². The lowest BCUT2D eigenvalue weighted by Crippen LogP contribution is -2.19. The number of hydrogen-bond donors (Lipinski definition) is 0. The van der Waals surface area contributed by atoms with E-state index in [-0.39, 0.29) is 5.54 Å². The van der Waals surface area contributed by atoms with Crippen LogP contribution in [0.2, 0.25) is 5.02 Å². The molecule has 0 amide bonds. The van der Waals surface area contributed by atoms with E-state index in [1.54, 1.807) is 10.9 Å². The third-order valence-corrected chi connectivity index (χ3v) is 4.36. The molecule has 0 radical (unpaired) electrons. The fourth-order valence-corrected chi connectivity index (χ4v) is 3.05. The molecule has 3 aromatic rings. The first-order valence-corrected chi connectivity index (χ1v) is 7.27. The van der Waals surface area contributed by atoms with E-state index in [0.717, 1.165) is 29.8 Å². The minimum absolute atomic E-state index is 0.128. The lowest BCUT2D eigenvalue weighted by molar-refractivity contribution is 0.494. The normalized spacial score (nSPS) is 16.1. The van der Waals surface area contributed by atoms with Crippen LogP contribution in [0.3, 0.4) is 0 Å². The fraction of sp³-hybridized carbons (Fsp3) is 0.267. The number of aromatic nitrogens is 5. The van der Waals surface area contributed by atoms with E-state index in [4.69, 9.17) is 11.6 Å². The first kappa shape index (κ1) is 12.6. The summed E-state index contributed by atoms with van der Waals surface area (Å²) in [7, 11) is 0. The summed E-state index contributed by atoms with van der Waals surface area (Å²) in [6.07, 6.45) is 7.81. The van der Waals surface area contributed by atoms with Crippen LogP contribution in [0.15, 0.2) is 42.9 Å². The Morgan fingerprint density at radius 3 is 2.76 bits per heavy atom. The smallest absolute Gasteiger partial charge is 0.111 e. The number of para-hydroxylation sites is 1. The topological polar surface area (TPSA) is 48.5 Å². The van der Waals surface area contributed by atoms with Crippen LogP contribution in [0.1, 0.15) is 24.1 Å². The largest absolute Gasteiger partial charge is 0.260 e. The molecule has 5 nitrogen and oxygen atoms in total. The second-order valence-corrected chi connectivity index (χ2v) is 5.84. The fourth-order valence-electron chi connectivity index (χ4n) is 2.74. The van der Waals surface area contributed by atoms with Crippen LogP contribution >= 0.6 is 11.6 Å². The van der Waals surface area contributed by atoms with Crippen molar-refractivity contribution in [2.45, 2.75) is 25.3 Å². The zero-order valence-corrected chi connectivity index (χ0v) is 12.3. The van der Waals surface area contributed by atoms with Crippen molar-refractivity contribution in [3.8, 4) is 5.69 Å². The number of nitrogens with zero attached hydrogens (tertiary/aromatic N) is 5. The van der Waals surface area contributed by atoms with Gasteiger partial charge in [0.05, 0.1) is 16.9 Å². The van der Waals surface area contributed by atoms with Gasteiger partial charge in [-0.25, -0.2) is 4.68 Å². The molecular weight excluding hydrogens is 286 g/mol. The molecule has 0 bridgehead atoms. The molecular formula is C15H14ClN5. The van der Waals surface area contributed by atoms with Crippen molar-refractivity contribution < 1.29 is 0 Å². The first-order valence-electron chi connectivity index (χ1n) is 6.89. The zero-order valence-electron chi connectivity index (χ0n) is 11.6. The number of rotatable bonds is 3.